The van der Waals surface area contributed by atoms with Crippen molar-refractivity contribution in [2.75, 3.05) is 20.2 Å². The van der Waals surface area contributed by atoms with Crippen molar-refractivity contribution in [1.82, 2.24) is 20.1 Å². The number of hydrogen-bond acceptors (Lipinski definition) is 5. The summed E-state index contributed by atoms with van der Waals surface area (Å²) in [5.74, 6) is -0.327. The van der Waals surface area contributed by atoms with E-state index in [4.69, 9.17) is 9.84 Å². The van der Waals surface area contributed by atoms with Gasteiger partial charge in [-0.3, -0.25) is 9.67 Å². The maximum atomic E-state index is 11.9. The van der Waals surface area contributed by atoms with Gasteiger partial charge in [0.05, 0.1) is 24.4 Å². The van der Waals surface area contributed by atoms with Crippen molar-refractivity contribution in [3.05, 3.63) is 47.0 Å². The molecule has 1 unspecified atom stereocenters. The minimum atomic E-state index is -0.327. The molecule has 0 aromatic carbocycles. The van der Waals surface area contributed by atoms with E-state index in [0.29, 0.717) is 18.0 Å². The van der Waals surface area contributed by atoms with Gasteiger partial charge in [0.25, 0.3) is 0 Å². The fraction of sp³-hybridized carbons (Fsp3) is 0.500. The number of nitrogens with zero attached hydrogens (tertiary/aromatic N) is 3. The van der Waals surface area contributed by atoms with Crippen LogP contribution in [0, 0.1) is 6.92 Å². The first-order valence-corrected chi connectivity index (χ1v) is 8.45. The minimum Gasteiger partial charge on any atom is -0.465 e. The summed E-state index contributed by atoms with van der Waals surface area (Å²) in [6.07, 6.45) is 9.53. The molecule has 1 atom stereocenters. The molecule has 1 N–H and O–H groups in total. The number of hydrogen-bond donors (Lipinski definition) is 1. The van der Waals surface area contributed by atoms with E-state index >= 15 is 0 Å². The largest absolute Gasteiger partial charge is 0.465 e. The number of esters is 1. The average molecular weight is 328 g/mol. The molecule has 0 bridgehead atoms. The predicted octanol–water partition coefficient (Wildman–Crippen LogP) is 2.28. The Labute approximate surface area is 142 Å². The summed E-state index contributed by atoms with van der Waals surface area (Å²) in [6.45, 7) is 4.14. The first-order chi connectivity index (χ1) is 11.7. The number of aromatic nitrogens is 3. The predicted molar refractivity (Wildman–Crippen MR) is 91.1 cm³/mol. The summed E-state index contributed by atoms with van der Waals surface area (Å²) in [4.78, 5) is 16.1. The SMILES string of the molecule is COC(=O)c1ccncc1Cc1cn(C2CCCNCC2)nc1C. The molecule has 6 nitrogen and oxygen atoms in total. The highest BCUT2D eigenvalue weighted by atomic mass is 16.5. The maximum absolute atomic E-state index is 11.9. The van der Waals surface area contributed by atoms with Crippen LogP contribution in [-0.4, -0.2) is 40.9 Å². The number of methoxy groups -OCH3 is 1. The fourth-order valence-corrected chi connectivity index (χ4v) is 3.23. The summed E-state index contributed by atoms with van der Waals surface area (Å²) >= 11 is 0. The average Bonchev–Trinajstić information content (AvgIpc) is 2.81. The molecule has 1 aliphatic heterocycles. The van der Waals surface area contributed by atoms with Gasteiger partial charge in [-0.15, -0.1) is 0 Å². The van der Waals surface area contributed by atoms with Gasteiger partial charge in [-0.25, -0.2) is 4.79 Å². The van der Waals surface area contributed by atoms with Gasteiger partial charge in [-0.05, 0) is 56.5 Å². The smallest absolute Gasteiger partial charge is 0.338 e. The van der Waals surface area contributed by atoms with Gasteiger partial charge in [-0.1, -0.05) is 0 Å². The first-order valence-electron chi connectivity index (χ1n) is 8.45. The topological polar surface area (TPSA) is 69.0 Å². The second-order valence-corrected chi connectivity index (χ2v) is 6.26. The lowest BCUT2D eigenvalue weighted by atomic mass is 10.0. The molecule has 2 aromatic rings. The van der Waals surface area contributed by atoms with Crippen LogP contribution < -0.4 is 5.32 Å². The molecule has 0 radical (unpaired) electrons. The van der Waals surface area contributed by atoms with Crippen LogP contribution >= 0.6 is 0 Å². The summed E-state index contributed by atoms with van der Waals surface area (Å²) in [5.41, 5.74) is 3.57. The van der Waals surface area contributed by atoms with Crippen molar-refractivity contribution in [3.63, 3.8) is 0 Å². The van der Waals surface area contributed by atoms with E-state index in [0.717, 1.165) is 42.8 Å². The Hall–Kier alpha value is -2.21. The van der Waals surface area contributed by atoms with E-state index in [9.17, 15) is 4.79 Å². The molecule has 0 spiro atoms. The zero-order chi connectivity index (χ0) is 16.9. The number of carbonyl (C=O) groups is 1. The van der Waals surface area contributed by atoms with Crippen molar-refractivity contribution in [1.29, 1.82) is 0 Å². The molecule has 0 amide bonds. The van der Waals surface area contributed by atoms with Crippen molar-refractivity contribution < 1.29 is 9.53 Å². The van der Waals surface area contributed by atoms with Crippen LogP contribution in [-0.2, 0) is 11.2 Å². The van der Waals surface area contributed by atoms with Gasteiger partial charge in [0, 0.05) is 25.0 Å². The second kappa shape index (κ2) is 7.57. The van der Waals surface area contributed by atoms with Crippen LogP contribution in [0.3, 0.4) is 0 Å². The van der Waals surface area contributed by atoms with Crippen LogP contribution in [0.2, 0.25) is 0 Å². The van der Waals surface area contributed by atoms with E-state index in [1.807, 2.05) is 6.92 Å². The van der Waals surface area contributed by atoms with E-state index in [1.165, 1.54) is 13.5 Å². The molecule has 0 saturated carbocycles. The summed E-state index contributed by atoms with van der Waals surface area (Å²) in [5, 5.41) is 8.15. The Kier molecular flexibility index (Phi) is 5.25. The van der Waals surface area contributed by atoms with Crippen molar-refractivity contribution >= 4 is 5.97 Å². The lowest BCUT2D eigenvalue weighted by Crippen LogP contribution is -2.15. The van der Waals surface area contributed by atoms with Gasteiger partial charge >= 0.3 is 5.97 Å². The molecule has 1 aliphatic rings. The standard InChI is InChI=1S/C18H24N4O2/c1-13-15(10-14-11-20-9-6-17(14)18(23)24-2)12-22(21-13)16-4-3-7-19-8-5-16/h6,9,11-12,16,19H,3-5,7-8,10H2,1-2H3. The fourth-order valence-electron chi connectivity index (χ4n) is 3.23. The van der Waals surface area contributed by atoms with Gasteiger partial charge in [0.15, 0.2) is 0 Å². The highest BCUT2D eigenvalue weighted by Gasteiger charge is 2.18. The van der Waals surface area contributed by atoms with Crippen LogP contribution in [0.25, 0.3) is 0 Å². The van der Waals surface area contributed by atoms with Crippen LogP contribution in [0.15, 0.2) is 24.7 Å². The molecule has 6 heteroatoms. The lowest BCUT2D eigenvalue weighted by molar-refractivity contribution is 0.0599. The Morgan fingerprint density at radius 1 is 1.38 bits per heavy atom. The third kappa shape index (κ3) is 3.64. The Balaban J connectivity index is 1.82. The summed E-state index contributed by atoms with van der Waals surface area (Å²) in [6, 6.07) is 2.15. The zero-order valence-electron chi connectivity index (χ0n) is 14.3. The Morgan fingerprint density at radius 3 is 3.08 bits per heavy atom. The molecule has 1 saturated heterocycles. The molecular formula is C18H24N4O2. The van der Waals surface area contributed by atoms with Gasteiger partial charge in [-0.2, -0.15) is 5.10 Å². The summed E-state index contributed by atoms with van der Waals surface area (Å²) in [7, 11) is 1.40. The monoisotopic (exact) mass is 328 g/mol. The van der Waals surface area contributed by atoms with Crippen LogP contribution in [0.1, 0.15) is 52.5 Å². The number of ether oxygens (including phenoxy) is 1. The molecule has 3 rings (SSSR count). The Morgan fingerprint density at radius 2 is 2.25 bits per heavy atom. The molecule has 3 heterocycles. The van der Waals surface area contributed by atoms with Crippen molar-refractivity contribution in [2.45, 2.75) is 38.6 Å². The lowest BCUT2D eigenvalue weighted by Gasteiger charge is -2.14. The van der Waals surface area contributed by atoms with Crippen LogP contribution in [0.5, 0.6) is 0 Å². The number of pyridine rings is 1. The zero-order valence-corrected chi connectivity index (χ0v) is 14.3. The molecule has 128 valence electrons. The quantitative estimate of drug-likeness (QED) is 0.872. The van der Waals surface area contributed by atoms with Crippen molar-refractivity contribution in [2.24, 2.45) is 0 Å². The summed E-state index contributed by atoms with van der Waals surface area (Å²) < 4.78 is 6.97. The second-order valence-electron chi connectivity index (χ2n) is 6.26. The van der Waals surface area contributed by atoms with E-state index in [1.54, 1.807) is 18.5 Å². The third-order valence-corrected chi connectivity index (χ3v) is 4.63. The van der Waals surface area contributed by atoms with E-state index < -0.39 is 0 Å². The first kappa shape index (κ1) is 16.6. The van der Waals surface area contributed by atoms with Gasteiger partial charge in [0.1, 0.15) is 0 Å². The highest BCUT2D eigenvalue weighted by molar-refractivity contribution is 5.90. The molecule has 24 heavy (non-hydrogen) atoms. The normalized spacial score (nSPS) is 18.2. The van der Waals surface area contributed by atoms with Crippen LogP contribution in [0.4, 0.5) is 0 Å². The number of rotatable bonds is 4. The van der Waals surface area contributed by atoms with Crippen molar-refractivity contribution in [3.8, 4) is 0 Å². The minimum absolute atomic E-state index is 0.327. The van der Waals surface area contributed by atoms with E-state index in [2.05, 4.69) is 21.2 Å². The van der Waals surface area contributed by atoms with E-state index in [-0.39, 0.29) is 5.97 Å². The molecule has 0 aliphatic carbocycles. The molecular weight excluding hydrogens is 304 g/mol. The number of carbonyl (C=O) groups excluding carboxylic acids is 1. The highest BCUT2D eigenvalue weighted by Crippen LogP contribution is 2.23. The molecule has 2 aromatic heterocycles. The molecule has 1 fully saturated rings. The number of aryl methyl sites for hydroxylation is 1. The third-order valence-electron chi connectivity index (χ3n) is 4.63. The van der Waals surface area contributed by atoms with Gasteiger partial charge < -0.3 is 10.1 Å². The number of nitrogens with one attached hydrogen (secondary N) is 1. The van der Waals surface area contributed by atoms with Gasteiger partial charge in [0.2, 0.25) is 0 Å². The Bertz CT molecular complexity index is 703. The maximum Gasteiger partial charge on any atom is 0.338 e.